The molecular formula is C23H28F3N7OS. The summed E-state index contributed by atoms with van der Waals surface area (Å²) in [5.41, 5.74) is 7.30. The van der Waals surface area contributed by atoms with E-state index in [1.54, 1.807) is 6.20 Å². The van der Waals surface area contributed by atoms with E-state index in [1.165, 1.54) is 14.0 Å². The summed E-state index contributed by atoms with van der Waals surface area (Å²) in [6, 6.07) is 2.95. The highest BCUT2D eigenvalue weighted by atomic mass is 32.1. The standard InChI is InChI=1S/C23H28F3N7OS/c1-12(2)33-11-22(4,5)15-8-17(28-10-18(15)33)19(27)30-21(35)31-20-16(23(24,25)26)7-14(9-29-20)32(6)13(3)34/h7-10,12H,11H2,1-6H3,(H3,27,29,30,31,35). The van der Waals surface area contributed by atoms with Crippen molar-refractivity contribution in [2.24, 2.45) is 10.7 Å². The highest BCUT2D eigenvalue weighted by molar-refractivity contribution is 7.80. The Labute approximate surface area is 207 Å². The molecule has 0 saturated heterocycles. The minimum atomic E-state index is -4.75. The second-order valence-corrected chi connectivity index (χ2v) is 9.67. The first kappa shape index (κ1) is 26.3. The Morgan fingerprint density at radius 1 is 1.29 bits per heavy atom. The van der Waals surface area contributed by atoms with Crippen LogP contribution in [0.5, 0.6) is 0 Å². The van der Waals surface area contributed by atoms with E-state index in [9.17, 15) is 18.0 Å². The maximum Gasteiger partial charge on any atom is 0.420 e. The number of halogens is 3. The summed E-state index contributed by atoms with van der Waals surface area (Å²) in [5, 5.41) is 2.09. The molecular weight excluding hydrogens is 479 g/mol. The van der Waals surface area contributed by atoms with Crippen molar-refractivity contribution in [3.05, 3.63) is 41.3 Å². The average molecular weight is 508 g/mol. The highest BCUT2D eigenvalue weighted by Crippen LogP contribution is 2.41. The molecule has 0 unspecified atom stereocenters. The van der Waals surface area contributed by atoms with Gasteiger partial charge in [0.2, 0.25) is 5.91 Å². The van der Waals surface area contributed by atoms with E-state index < -0.39 is 23.5 Å². The Morgan fingerprint density at radius 2 is 1.94 bits per heavy atom. The maximum atomic E-state index is 13.7. The van der Waals surface area contributed by atoms with Crippen LogP contribution >= 0.6 is 12.2 Å². The van der Waals surface area contributed by atoms with Crippen molar-refractivity contribution in [2.75, 3.05) is 28.7 Å². The Hall–Kier alpha value is -3.28. The van der Waals surface area contributed by atoms with E-state index in [0.717, 1.165) is 35.0 Å². The molecule has 0 aromatic carbocycles. The molecule has 0 saturated carbocycles. The summed E-state index contributed by atoms with van der Waals surface area (Å²) < 4.78 is 41.0. The van der Waals surface area contributed by atoms with Gasteiger partial charge in [-0.1, -0.05) is 13.8 Å². The SMILES string of the molecule is CC(=O)N(C)c1cnc(NC(=S)/N=C(\N)c2cc3c(cn2)N(C(C)C)CC3(C)C)c(C(F)(F)F)c1. The van der Waals surface area contributed by atoms with Crippen molar-refractivity contribution >= 4 is 46.3 Å². The Bertz CT molecular complexity index is 1190. The molecule has 2 aromatic heterocycles. The van der Waals surface area contributed by atoms with E-state index in [-0.39, 0.29) is 22.1 Å². The number of amidine groups is 1. The third-order valence-electron chi connectivity index (χ3n) is 5.86. The zero-order chi connectivity index (χ0) is 26.3. The van der Waals surface area contributed by atoms with Crippen LogP contribution < -0.4 is 20.9 Å². The molecule has 0 aliphatic carbocycles. The smallest absolute Gasteiger partial charge is 0.382 e. The number of rotatable bonds is 4. The molecule has 35 heavy (non-hydrogen) atoms. The number of nitrogens with zero attached hydrogens (tertiary/aromatic N) is 5. The van der Waals surface area contributed by atoms with E-state index in [2.05, 4.69) is 52.9 Å². The minimum absolute atomic E-state index is 0.00953. The lowest BCUT2D eigenvalue weighted by Gasteiger charge is -2.25. The first-order valence-corrected chi connectivity index (χ1v) is 11.3. The number of nitrogens with one attached hydrogen (secondary N) is 1. The number of amides is 1. The predicted molar refractivity (Wildman–Crippen MR) is 135 cm³/mol. The fourth-order valence-electron chi connectivity index (χ4n) is 3.85. The van der Waals surface area contributed by atoms with Gasteiger partial charge in [0.05, 0.1) is 23.8 Å². The Morgan fingerprint density at radius 3 is 2.51 bits per heavy atom. The normalized spacial score (nSPS) is 15.3. The molecule has 0 bridgehead atoms. The lowest BCUT2D eigenvalue weighted by Crippen LogP contribution is -2.33. The van der Waals surface area contributed by atoms with Gasteiger partial charge in [-0.15, -0.1) is 0 Å². The minimum Gasteiger partial charge on any atom is -0.382 e. The van der Waals surface area contributed by atoms with Crippen LogP contribution in [0.1, 0.15) is 51.4 Å². The fourth-order valence-corrected chi connectivity index (χ4v) is 4.04. The van der Waals surface area contributed by atoms with Crippen molar-refractivity contribution in [1.82, 2.24) is 9.97 Å². The molecule has 3 N–H and O–H groups in total. The zero-order valence-electron chi connectivity index (χ0n) is 20.4. The summed E-state index contributed by atoms with van der Waals surface area (Å²) in [6.45, 7) is 10.5. The molecule has 1 aliphatic rings. The van der Waals surface area contributed by atoms with Crippen molar-refractivity contribution in [3.63, 3.8) is 0 Å². The summed E-state index contributed by atoms with van der Waals surface area (Å²) >= 11 is 5.13. The summed E-state index contributed by atoms with van der Waals surface area (Å²) in [7, 11) is 1.35. The van der Waals surface area contributed by atoms with Gasteiger partial charge in [0, 0.05) is 32.0 Å². The number of fused-ring (bicyclic) bond motifs is 1. The molecule has 1 amide bonds. The number of pyridine rings is 2. The number of nitrogens with two attached hydrogens (primary N) is 1. The number of aromatic nitrogens is 2. The van der Waals surface area contributed by atoms with Gasteiger partial charge in [-0.3, -0.25) is 9.78 Å². The first-order valence-electron chi connectivity index (χ1n) is 10.9. The number of hydrogen-bond donors (Lipinski definition) is 2. The van der Waals surface area contributed by atoms with Crippen LogP contribution in [0.2, 0.25) is 0 Å². The molecule has 2 aromatic rings. The number of alkyl halides is 3. The molecule has 0 fully saturated rings. The number of thiocarbonyl (C=S) groups is 1. The van der Waals surface area contributed by atoms with E-state index in [4.69, 9.17) is 18.0 Å². The average Bonchev–Trinajstić information content (AvgIpc) is 3.03. The zero-order valence-corrected chi connectivity index (χ0v) is 21.2. The number of anilines is 3. The van der Waals surface area contributed by atoms with Crippen molar-refractivity contribution in [1.29, 1.82) is 0 Å². The topological polar surface area (TPSA) is 99.7 Å². The molecule has 0 atom stereocenters. The fraction of sp³-hybridized carbons (Fsp3) is 0.435. The molecule has 1 aliphatic heterocycles. The second kappa shape index (κ2) is 9.40. The van der Waals surface area contributed by atoms with Crippen LogP contribution in [0, 0.1) is 0 Å². The lowest BCUT2D eigenvalue weighted by atomic mass is 9.87. The third-order valence-corrected chi connectivity index (χ3v) is 6.05. The highest BCUT2D eigenvalue weighted by Gasteiger charge is 2.37. The van der Waals surface area contributed by atoms with Crippen LogP contribution in [-0.4, -0.2) is 46.5 Å². The lowest BCUT2D eigenvalue weighted by molar-refractivity contribution is -0.137. The van der Waals surface area contributed by atoms with Gasteiger partial charge >= 0.3 is 6.18 Å². The molecule has 0 radical (unpaired) electrons. The monoisotopic (exact) mass is 507 g/mol. The largest absolute Gasteiger partial charge is 0.420 e. The van der Waals surface area contributed by atoms with Crippen LogP contribution in [0.3, 0.4) is 0 Å². The molecule has 3 heterocycles. The summed E-state index contributed by atoms with van der Waals surface area (Å²) in [5.74, 6) is -1.02. The van der Waals surface area contributed by atoms with E-state index in [1.807, 2.05) is 6.07 Å². The van der Waals surface area contributed by atoms with Gasteiger partial charge < -0.3 is 20.9 Å². The van der Waals surface area contributed by atoms with Crippen molar-refractivity contribution in [3.8, 4) is 0 Å². The third kappa shape index (κ3) is 5.53. The van der Waals surface area contributed by atoms with Crippen LogP contribution in [0.4, 0.5) is 30.4 Å². The number of carbonyl (C=O) groups excluding carboxylic acids is 1. The van der Waals surface area contributed by atoms with E-state index in [0.29, 0.717) is 11.7 Å². The van der Waals surface area contributed by atoms with Crippen molar-refractivity contribution < 1.29 is 18.0 Å². The first-order chi connectivity index (χ1) is 16.1. The number of aliphatic imine (C=N–C) groups is 1. The van der Waals surface area contributed by atoms with Gasteiger partial charge in [0.25, 0.3) is 0 Å². The molecule has 12 heteroatoms. The molecule has 8 nitrogen and oxygen atoms in total. The van der Waals surface area contributed by atoms with Crippen LogP contribution in [0.25, 0.3) is 0 Å². The molecule has 0 spiro atoms. The summed E-state index contributed by atoms with van der Waals surface area (Å²) in [6.07, 6.45) is -1.88. The Kier molecular flexibility index (Phi) is 7.07. The summed E-state index contributed by atoms with van der Waals surface area (Å²) in [4.78, 5) is 27.1. The number of carbonyl (C=O) groups is 1. The maximum absolute atomic E-state index is 13.7. The van der Waals surface area contributed by atoms with Gasteiger partial charge in [-0.05, 0) is 43.8 Å². The number of hydrogen-bond acceptors (Lipinski definition) is 5. The Balaban J connectivity index is 1.89. The van der Waals surface area contributed by atoms with Gasteiger partial charge in [-0.25, -0.2) is 9.98 Å². The van der Waals surface area contributed by atoms with Crippen LogP contribution in [-0.2, 0) is 16.4 Å². The quantitative estimate of drug-likeness (QED) is 0.365. The van der Waals surface area contributed by atoms with Crippen LogP contribution in [0.15, 0.2) is 29.5 Å². The van der Waals surface area contributed by atoms with Gasteiger partial charge in [0.1, 0.15) is 17.1 Å². The predicted octanol–water partition coefficient (Wildman–Crippen LogP) is 4.09. The molecule has 188 valence electrons. The molecule has 3 rings (SSSR count). The van der Waals surface area contributed by atoms with Gasteiger partial charge in [-0.2, -0.15) is 13.2 Å². The van der Waals surface area contributed by atoms with E-state index >= 15 is 0 Å². The van der Waals surface area contributed by atoms with Crippen molar-refractivity contribution in [2.45, 2.75) is 52.3 Å². The second-order valence-electron chi connectivity index (χ2n) is 9.28. The van der Waals surface area contributed by atoms with Gasteiger partial charge in [0.15, 0.2) is 10.9 Å².